The van der Waals surface area contributed by atoms with Gasteiger partial charge in [-0.25, -0.2) is 0 Å². The van der Waals surface area contributed by atoms with Crippen LogP contribution in [0.2, 0.25) is 0 Å². The van der Waals surface area contributed by atoms with E-state index in [-0.39, 0.29) is 0 Å². The predicted octanol–water partition coefficient (Wildman–Crippen LogP) is 3.82. The minimum absolute atomic E-state index is 0.318. The molecule has 1 aliphatic heterocycles. The lowest BCUT2D eigenvalue weighted by atomic mass is 9.49. The predicted molar refractivity (Wildman–Crippen MR) is 80.7 cm³/mol. The number of nitrogens with zero attached hydrogens (tertiary/aromatic N) is 1. The van der Waals surface area contributed by atoms with Gasteiger partial charge in [0, 0.05) is 24.9 Å². The summed E-state index contributed by atoms with van der Waals surface area (Å²) in [6, 6.07) is 0.318. The third-order valence-corrected chi connectivity index (χ3v) is 6.92. The van der Waals surface area contributed by atoms with E-state index in [1.165, 1.54) is 38.5 Å². The topological polar surface area (TPSA) is 20.3 Å². The van der Waals surface area contributed by atoms with Crippen LogP contribution in [0.4, 0.5) is 0 Å². The molecule has 0 aromatic heterocycles. The first-order chi connectivity index (χ1) is 9.67. The van der Waals surface area contributed by atoms with E-state index in [4.69, 9.17) is 11.6 Å². The normalized spacial score (nSPS) is 46.1. The Morgan fingerprint density at radius 3 is 2.25 bits per heavy atom. The Morgan fingerprint density at radius 1 is 1.10 bits per heavy atom. The zero-order valence-electron chi connectivity index (χ0n) is 12.3. The van der Waals surface area contributed by atoms with E-state index in [1.807, 2.05) is 0 Å². The van der Waals surface area contributed by atoms with Gasteiger partial charge in [0.15, 0.2) is 0 Å². The van der Waals surface area contributed by atoms with Crippen molar-refractivity contribution in [1.29, 1.82) is 0 Å². The quantitative estimate of drug-likeness (QED) is 0.725. The van der Waals surface area contributed by atoms with Crippen LogP contribution < -0.4 is 0 Å². The van der Waals surface area contributed by atoms with Crippen molar-refractivity contribution in [2.24, 2.45) is 23.2 Å². The molecule has 20 heavy (non-hydrogen) atoms. The first kappa shape index (κ1) is 13.4. The zero-order valence-corrected chi connectivity index (χ0v) is 13.1. The molecule has 4 aliphatic carbocycles. The second kappa shape index (κ2) is 4.90. The first-order valence-corrected chi connectivity index (χ1v) is 9.06. The summed E-state index contributed by atoms with van der Waals surface area (Å²) >= 11 is 6.03. The average molecular weight is 296 g/mol. The lowest BCUT2D eigenvalue weighted by molar-refractivity contribution is -0.140. The molecule has 0 radical (unpaired) electrons. The maximum Gasteiger partial charge on any atom is 0.223 e. The fraction of sp³-hybridized carbons (Fsp3) is 0.941. The van der Waals surface area contributed by atoms with Crippen molar-refractivity contribution < 1.29 is 4.79 Å². The van der Waals surface area contributed by atoms with Crippen LogP contribution in [0.1, 0.15) is 57.8 Å². The first-order valence-electron chi connectivity index (χ1n) is 8.53. The highest BCUT2D eigenvalue weighted by Gasteiger charge is 2.52. The molecule has 5 fully saturated rings. The van der Waals surface area contributed by atoms with Crippen molar-refractivity contribution in [2.45, 2.75) is 63.8 Å². The van der Waals surface area contributed by atoms with Gasteiger partial charge in [0.05, 0.1) is 0 Å². The number of halogens is 1. The van der Waals surface area contributed by atoms with E-state index in [0.717, 1.165) is 43.6 Å². The van der Waals surface area contributed by atoms with E-state index in [2.05, 4.69) is 4.90 Å². The molecular formula is C17H26ClNO. The van der Waals surface area contributed by atoms with Crippen molar-refractivity contribution in [3.63, 3.8) is 0 Å². The van der Waals surface area contributed by atoms with E-state index in [0.29, 0.717) is 23.2 Å². The molecule has 5 aliphatic rings. The molecule has 1 heterocycles. The van der Waals surface area contributed by atoms with Crippen LogP contribution in [0.5, 0.6) is 0 Å². The number of carbonyl (C=O) groups excluding carboxylic acids is 1. The number of alkyl halides is 1. The molecule has 1 saturated heterocycles. The van der Waals surface area contributed by atoms with Gasteiger partial charge in [-0.05, 0) is 74.5 Å². The maximum atomic E-state index is 12.8. The molecule has 112 valence electrons. The van der Waals surface area contributed by atoms with Crippen molar-refractivity contribution in [2.75, 3.05) is 12.4 Å². The summed E-state index contributed by atoms with van der Waals surface area (Å²) in [6.07, 6.45) is 11.5. The van der Waals surface area contributed by atoms with Crippen molar-refractivity contribution in [3.05, 3.63) is 0 Å². The van der Waals surface area contributed by atoms with Gasteiger partial charge in [0.1, 0.15) is 0 Å². The van der Waals surface area contributed by atoms with E-state index in [9.17, 15) is 4.79 Å². The van der Waals surface area contributed by atoms with Gasteiger partial charge < -0.3 is 4.90 Å². The monoisotopic (exact) mass is 295 g/mol. The van der Waals surface area contributed by atoms with Gasteiger partial charge in [-0.15, -0.1) is 11.6 Å². The Morgan fingerprint density at radius 2 is 1.70 bits per heavy atom. The number of hydrogen-bond acceptors (Lipinski definition) is 1. The van der Waals surface area contributed by atoms with Crippen molar-refractivity contribution >= 4 is 17.5 Å². The molecule has 1 atom stereocenters. The molecule has 0 aromatic carbocycles. The third-order valence-electron chi connectivity index (χ3n) is 6.57. The number of likely N-dealkylation sites (tertiary alicyclic amines) is 1. The Bertz CT molecular complexity index is 373. The minimum Gasteiger partial charge on any atom is -0.339 e. The molecule has 2 nitrogen and oxygen atoms in total. The average Bonchev–Trinajstić information content (AvgIpc) is 2.84. The lowest BCUT2D eigenvalue weighted by Crippen LogP contribution is -2.49. The van der Waals surface area contributed by atoms with Crippen LogP contribution in [-0.4, -0.2) is 29.3 Å². The Balaban J connectivity index is 1.47. The van der Waals surface area contributed by atoms with E-state index < -0.39 is 0 Å². The summed E-state index contributed by atoms with van der Waals surface area (Å²) in [6.45, 7) is 0.947. The molecule has 1 amide bonds. The lowest BCUT2D eigenvalue weighted by Gasteiger charge is -2.57. The molecule has 4 saturated carbocycles. The molecule has 1 unspecified atom stereocenters. The van der Waals surface area contributed by atoms with Crippen LogP contribution in [-0.2, 0) is 4.79 Å². The number of hydrogen-bond donors (Lipinski definition) is 0. The zero-order chi connectivity index (χ0) is 13.7. The van der Waals surface area contributed by atoms with E-state index >= 15 is 0 Å². The van der Waals surface area contributed by atoms with Gasteiger partial charge in [-0.3, -0.25) is 4.79 Å². The fourth-order valence-corrected chi connectivity index (χ4v) is 6.57. The standard InChI is InChI=1S/C17H26ClNO/c18-11-15-2-1-3-19(15)16(20)10-17-7-12-4-13(8-17)6-14(5-12)9-17/h12-15H,1-11H2. The van der Waals surface area contributed by atoms with Crippen molar-refractivity contribution in [1.82, 2.24) is 4.90 Å². The van der Waals surface area contributed by atoms with Crippen molar-refractivity contribution in [3.8, 4) is 0 Å². The Kier molecular flexibility index (Phi) is 3.29. The smallest absolute Gasteiger partial charge is 0.223 e. The summed E-state index contributed by atoms with van der Waals surface area (Å²) in [5, 5.41) is 0. The second-order valence-electron chi connectivity index (χ2n) is 8.13. The van der Waals surface area contributed by atoms with Crippen LogP contribution in [0.25, 0.3) is 0 Å². The number of carbonyl (C=O) groups is 1. The van der Waals surface area contributed by atoms with Gasteiger partial charge in [0.2, 0.25) is 5.91 Å². The molecule has 3 heteroatoms. The summed E-state index contributed by atoms with van der Waals surface area (Å²) in [5.74, 6) is 3.85. The minimum atomic E-state index is 0.318. The van der Waals surface area contributed by atoms with Gasteiger partial charge in [-0.2, -0.15) is 0 Å². The van der Waals surface area contributed by atoms with Crippen LogP contribution in [0.3, 0.4) is 0 Å². The molecule has 0 aromatic rings. The summed E-state index contributed by atoms with van der Waals surface area (Å²) in [5.41, 5.74) is 0.380. The number of amides is 1. The number of rotatable bonds is 3. The largest absolute Gasteiger partial charge is 0.339 e. The third kappa shape index (κ3) is 2.19. The second-order valence-corrected chi connectivity index (χ2v) is 8.44. The molecule has 5 rings (SSSR count). The SMILES string of the molecule is O=C(CC12CC3CC(CC(C3)C1)C2)N1CCCC1CCl. The highest BCUT2D eigenvalue weighted by atomic mass is 35.5. The fourth-order valence-electron chi connectivity index (χ4n) is 6.25. The highest BCUT2D eigenvalue weighted by molar-refractivity contribution is 6.18. The molecule has 0 N–H and O–H groups in total. The Hall–Kier alpha value is -0.240. The summed E-state index contributed by atoms with van der Waals surface area (Å²) in [4.78, 5) is 14.9. The highest BCUT2D eigenvalue weighted by Crippen LogP contribution is 2.61. The summed E-state index contributed by atoms with van der Waals surface area (Å²) < 4.78 is 0. The molecule has 0 spiro atoms. The van der Waals surface area contributed by atoms with Crippen LogP contribution in [0, 0.1) is 23.2 Å². The molecule has 4 bridgehead atoms. The molecular weight excluding hydrogens is 270 g/mol. The Labute approximate surface area is 127 Å². The van der Waals surface area contributed by atoms with Gasteiger partial charge in [0.25, 0.3) is 0 Å². The van der Waals surface area contributed by atoms with Gasteiger partial charge in [-0.1, -0.05) is 0 Å². The van der Waals surface area contributed by atoms with E-state index in [1.54, 1.807) is 0 Å². The van der Waals surface area contributed by atoms with Crippen LogP contribution >= 0.6 is 11.6 Å². The summed E-state index contributed by atoms with van der Waals surface area (Å²) in [7, 11) is 0. The van der Waals surface area contributed by atoms with Crippen LogP contribution in [0.15, 0.2) is 0 Å². The van der Waals surface area contributed by atoms with Gasteiger partial charge >= 0.3 is 0 Å². The maximum absolute atomic E-state index is 12.8.